The Morgan fingerprint density at radius 1 is 1.35 bits per heavy atom. The van der Waals surface area contributed by atoms with Crippen molar-refractivity contribution in [3.8, 4) is 0 Å². The predicted molar refractivity (Wildman–Crippen MR) is 78.1 cm³/mol. The van der Waals surface area contributed by atoms with Crippen molar-refractivity contribution in [1.82, 2.24) is 4.90 Å². The van der Waals surface area contributed by atoms with Gasteiger partial charge in [-0.3, -0.25) is 4.99 Å². The molecule has 0 saturated carbocycles. The maximum atomic E-state index is 4.52. The number of thioether (sulfide) groups is 1. The van der Waals surface area contributed by atoms with E-state index < -0.39 is 0 Å². The lowest BCUT2D eigenvalue weighted by molar-refractivity contribution is 0.647. The molecule has 3 rings (SSSR count). The zero-order valence-corrected chi connectivity index (χ0v) is 12.2. The van der Waals surface area contributed by atoms with E-state index in [1.54, 1.807) is 11.8 Å². The summed E-state index contributed by atoms with van der Waals surface area (Å²) < 4.78 is 1.17. The molecule has 4 heteroatoms. The average Bonchev–Trinajstić information content (AvgIpc) is 2.82. The number of aliphatic imine (C=N–C) groups is 1. The lowest BCUT2D eigenvalue weighted by Gasteiger charge is -2.17. The number of benzene rings is 1. The molecule has 0 aromatic heterocycles. The molecule has 0 radical (unpaired) electrons. The van der Waals surface area contributed by atoms with Crippen LogP contribution in [0.2, 0.25) is 0 Å². The summed E-state index contributed by atoms with van der Waals surface area (Å²) in [6, 6.07) is 6.54. The topological polar surface area (TPSA) is 15.6 Å². The minimum absolute atomic E-state index is 0.925. The number of nitrogens with zero attached hydrogens (tertiary/aromatic N) is 2. The highest BCUT2D eigenvalue weighted by Crippen LogP contribution is 2.41. The third-order valence-electron chi connectivity index (χ3n) is 3.08. The second kappa shape index (κ2) is 4.18. The summed E-state index contributed by atoms with van der Waals surface area (Å²) in [6.07, 6.45) is 0. The number of fused-ring (bicyclic) bond motifs is 1. The van der Waals surface area contributed by atoms with Gasteiger partial charge in [0.2, 0.25) is 0 Å². The Morgan fingerprint density at radius 3 is 2.94 bits per heavy atom. The molecule has 2 aliphatic rings. The van der Waals surface area contributed by atoms with Crippen molar-refractivity contribution in [1.29, 1.82) is 0 Å². The Balaban J connectivity index is 2.06. The van der Waals surface area contributed by atoms with Gasteiger partial charge < -0.3 is 4.90 Å². The first-order chi connectivity index (χ1) is 8.16. The van der Waals surface area contributed by atoms with E-state index in [1.165, 1.54) is 26.2 Å². The second-order valence-corrected chi connectivity index (χ2v) is 6.32. The number of hydrogen-bond acceptors (Lipinski definition) is 3. The molecule has 0 unspecified atom stereocenters. The van der Waals surface area contributed by atoms with Crippen molar-refractivity contribution in [3.05, 3.63) is 38.7 Å². The predicted octanol–water partition coefficient (Wildman–Crippen LogP) is 3.86. The SMILES string of the molecule is CC1=C(c2ccc(Br)c(C)c2)N2CCN=C2S1. The number of halogens is 1. The fourth-order valence-electron chi connectivity index (χ4n) is 2.25. The van der Waals surface area contributed by atoms with Crippen LogP contribution < -0.4 is 0 Å². The van der Waals surface area contributed by atoms with Crippen LogP contribution in [0, 0.1) is 6.92 Å². The van der Waals surface area contributed by atoms with Crippen LogP contribution in [-0.2, 0) is 0 Å². The largest absolute Gasteiger partial charge is 0.318 e. The molecule has 0 aliphatic carbocycles. The molecule has 0 spiro atoms. The van der Waals surface area contributed by atoms with Crippen LogP contribution in [0.25, 0.3) is 5.70 Å². The number of hydrogen-bond donors (Lipinski definition) is 0. The molecular weight excluding hydrogens is 296 g/mol. The fourth-order valence-corrected chi connectivity index (χ4v) is 3.54. The molecule has 0 bridgehead atoms. The van der Waals surface area contributed by atoms with E-state index in [9.17, 15) is 0 Å². The summed E-state index contributed by atoms with van der Waals surface area (Å²) in [6.45, 7) is 6.25. The van der Waals surface area contributed by atoms with Crippen LogP contribution >= 0.6 is 27.7 Å². The van der Waals surface area contributed by atoms with E-state index in [2.05, 4.69) is 57.9 Å². The fraction of sp³-hybridized carbons (Fsp3) is 0.308. The van der Waals surface area contributed by atoms with Crippen LogP contribution in [0.5, 0.6) is 0 Å². The molecule has 0 atom stereocenters. The second-order valence-electron chi connectivity index (χ2n) is 4.29. The van der Waals surface area contributed by atoms with E-state index in [1.807, 2.05) is 0 Å². The van der Waals surface area contributed by atoms with Crippen molar-refractivity contribution in [2.45, 2.75) is 13.8 Å². The lowest BCUT2D eigenvalue weighted by Crippen LogP contribution is -2.20. The molecule has 1 aromatic carbocycles. The highest BCUT2D eigenvalue weighted by atomic mass is 79.9. The standard InChI is InChI=1S/C13H13BrN2S/c1-8-7-10(3-4-11(8)14)12-9(2)17-13-15-5-6-16(12)13/h3-4,7H,5-6H2,1-2H3. The highest BCUT2D eigenvalue weighted by molar-refractivity contribution is 9.10. The van der Waals surface area contributed by atoms with Crippen molar-refractivity contribution in [3.63, 3.8) is 0 Å². The number of amidine groups is 1. The van der Waals surface area contributed by atoms with E-state index in [4.69, 9.17) is 0 Å². The summed E-state index contributed by atoms with van der Waals surface area (Å²) in [5, 5.41) is 1.16. The Kier molecular flexibility index (Phi) is 2.79. The van der Waals surface area contributed by atoms with Gasteiger partial charge in [-0.15, -0.1) is 0 Å². The van der Waals surface area contributed by atoms with Gasteiger partial charge in [0.1, 0.15) is 0 Å². The lowest BCUT2D eigenvalue weighted by atomic mass is 10.1. The van der Waals surface area contributed by atoms with Crippen molar-refractivity contribution >= 4 is 38.6 Å². The Labute approximate surface area is 114 Å². The minimum atomic E-state index is 0.925. The summed E-state index contributed by atoms with van der Waals surface area (Å²) in [7, 11) is 0. The van der Waals surface area contributed by atoms with Crippen LogP contribution in [0.4, 0.5) is 0 Å². The smallest absolute Gasteiger partial charge is 0.168 e. The summed E-state index contributed by atoms with van der Waals surface area (Å²) >= 11 is 5.34. The number of rotatable bonds is 1. The van der Waals surface area contributed by atoms with Gasteiger partial charge in [-0.25, -0.2) is 0 Å². The Hall–Kier alpha value is -0.740. The first kappa shape index (κ1) is 11.4. The van der Waals surface area contributed by atoms with E-state index in [0.717, 1.165) is 18.3 Å². The van der Waals surface area contributed by atoms with Gasteiger partial charge in [0.25, 0.3) is 0 Å². The zero-order chi connectivity index (χ0) is 12.0. The van der Waals surface area contributed by atoms with Gasteiger partial charge in [-0.2, -0.15) is 0 Å². The molecule has 2 heterocycles. The molecular formula is C13H13BrN2S. The van der Waals surface area contributed by atoms with Crippen molar-refractivity contribution in [2.75, 3.05) is 13.1 Å². The van der Waals surface area contributed by atoms with Gasteiger partial charge in [0, 0.05) is 15.9 Å². The molecule has 17 heavy (non-hydrogen) atoms. The normalized spacial score (nSPS) is 18.8. The zero-order valence-electron chi connectivity index (χ0n) is 9.83. The quantitative estimate of drug-likeness (QED) is 0.783. The van der Waals surface area contributed by atoms with Crippen molar-refractivity contribution < 1.29 is 0 Å². The molecule has 1 aromatic rings. The molecule has 0 amide bonds. The maximum Gasteiger partial charge on any atom is 0.168 e. The summed E-state index contributed by atoms with van der Waals surface area (Å²) in [5.41, 5.74) is 3.90. The van der Waals surface area contributed by atoms with Gasteiger partial charge in [-0.05, 0) is 37.1 Å². The number of aryl methyl sites for hydroxylation is 1. The maximum absolute atomic E-state index is 4.52. The molecule has 0 N–H and O–H groups in total. The number of allylic oxidation sites excluding steroid dienone is 1. The first-order valence-corrected chi connectivity index (χ1v) is 7.25. The van der Waals surface area contributed by atoms with E-state index >= 15 is 0 Å². The van der Waals surface area contributed by atoms with E-state index in [-0.39, 0.29) is 0 Å². The molecule has 88 valence electrons. The molecule has 2 nitrogen and oxygen atoms in total. The van der Waals surface area contributed by atoms with Crippen molar-refractivity contribution in [2.24, 2.45) is 4.99 Å². The van der Waals surface area contributed by atoms with Crippen LogP contribution in [-0.4, -0.2) is 23.2 Å². The Bertz CT molecular complexity index is 548. The molecule has 0 fully saturated rings. The summed E-state index contributed by atoms with van der Waals surface area (Å²) in [5.74, 6) is 0. The highest BCUT2D eigenvalue weighted by Gasteiger charge is 2.30. The summed E-state index contributed by atoms with van der Waals surface area (Å²) in [4.78, 5) is 8.21. The van der Waals surface area contributed by atoms with Gasteiger partial charge in [0.15, 0.2) is 5.17 Å². The van der Waals surface area contributed by atoms with Gasteiger partial charge >= 0.3 is 0 Å². The molecule has 2 aliphatic heterocycles. The molecule has 0 saturated heterocycles. The van der Waals surface area contributed by atoms with Gasteiger partial charge in [-0.1, -0.05) is 33.8 Å². The van der Waals surface area contributed by atoms with Crippen LogP contribution in [0.1, 0.15) is 18.1 Å². The van der Waals surface area contributed by atoms with Gasteiger partial charge in [0.05, 0.1) is 12.2 Å². The minimum Gasteiger partial charge on any atom is -0.318 e. The van der Waals surface area contributed by atoms with Crippen LogP contribution in [0.15, 0.2) is 32.6 Å². The third kappa shape index (κ3) is 1.83. The third-order valence-corrected chi connectivity index (χ3v) is 5.00. The van der Waals surface area contributed by atoms with Crippen LogP contribution in [0.3, 0.4) is 0 Å². The Morgan fingerprint density at radius 2 is 2.18 bits per heavy atom. The monoisotopic (exact) mass is 308 g/mol. The first-order valence-electron chi connectivity index (χ1n) is 5.64. The average molecular weight is 309 g/mol. The van der Waals surface area contributed by atoms with E-state index in [0.29, 0.717) is 0 Å².